The van der Waals surface area contributed by atoms with Crippen LogP contribution in [0.25, 0.3) is 0 Å². The van der Waals surface area contributed by atoms with Crippen molar-refractivity contribution < 1.29 is 0 Å². The Morgan fingerprint density at radius 2 is 1.90 bits per heavy atom. The Morgan fingerprint density at radius 1 is 1.20 bits per heavy atom. The average Bonchev–Trinajstić information content (AvgIpc) is 2.03. The average molecular weight is 141 g/mol. The molecule has 1 nitrogen and oxygen atoms in total. The van der Waals surface area contributed by atoms with E-state index in [0.717, 1.165) is 12.5 Å². The molecule has 0 spiro atoms. The lowest BCUT2D eigenvalue weighted by atomic mass is 9.89. The van der Waals surface area contributed by atoms with Gasteiger partial charge >= 0.3 is 0 Å². The first-order valence-electron chi connectivity index (χ1n) is 4.64. The van der Waals surface area contributed by atoms with E-state index in [0.29, 0.717) is 0 Å². The molecule has 1 N–H and O–H groups in total. The zero-order chi connectivity index (χ0) is 7.23. The van der Waals surface area contributed by atoms with E-state index in [2.05, 4.69) is 12.2 Å². The monoisotopic (exact) mass is 141 g/mol. The molecule has 1 heteroatoms. The van der Waals surface area contributed by atoms with Crippen molar-refractivity contribution in [2.75, 3.05) is 13.1 Å². The quantitative estimate of drug-likeness (QED) is 0.635. The first kappa shape index (κ1) is 8.06. The summed E-state index contributed by atoms with van der Waals surface area (Å²) in [6.07, 6.45) is 7.34. The van der Waals surface area contributed by atoms with E-state index in [-0.39, 0.29) is 0 Å². The molecular formula is C9H19N. The molecule has 1 saturated carbocycles. The molecule has 0 aliphatic heterocycles. The molecule has 1 aliphatic rings. The lowest BCUT2D eigenvalue weighted by molar-refractivity contribution is 0.345. The fourth-order valence-corrected chi connectivity index (χ4v) is 1.74. The fraction of sp³-hybridized carbons (Fsp3) is 1.00. The van der Waals surface area contributed by atoms with Gasteiger partial charge in [-0.25, -0.2) is 0 Å². The van der Waals surface area contributed by atoms with Crippen LogP contribution in [0, 0.1) is 5.92 Å². The summed E-state index contributed by atoms with van der Waals surface area (Å²) < 4.78 is 0. The molecule has 10 heavy (non-hydrogen) atoms. The van der Waals surface area contributed by atoms with Crippen LogP contribution in [0.5, 0.6) is 0 Å². The first-order chi connectivity index (χ1) is 4.93. The predicted octanol–water partition coefficient (Wildman–Crippen LogP) is 2.18. The summed E-state index contributed by atoms with van der Waals surface area (Å²) in [6.45, 7) is 4.58. The summed E-state index contributed by atoms with van der Waals surface area (Å²) in [5.41, 5.74) is 0. The van der Waals surface area contributed by atoms with E-state index < -0.39 is 0 Å². The Morgan fingerprint density at radius 3 is 2.50 bits per heavy atom. The van der Waals surface area contributed by atoms with Gasteiger partial charge in [0.15, 0.2) is 0 Å². The summed E-state index contributed by atoms with van der Waals surface area (Å²) in [4.78, 5) is 0. The Bertz CT molecular complexity index is 74.8. The molecule has 0 saturated heterocycles. The second-order valence-corrected chi connectivity index (χ2v) is 3.31. The van der Waals surface area contributed by atoms with Crippen molar-refractivity contribution in [3.63, 3.8) is 0 Å². The highest BCUT2D eigenvalue weighted by atomic mass is 14.8. The molecule has 0 heterocycles. The van der Waals surface area contributed by atoms with Gasteiger partial charge in [-0.05, 0) is 31.8 Å². The van der Waals surface area contributed by atoms with E-state index >= 15 is 0 Å². The minimum Gasteiger partial charge on any atom is -0.317 e. The summed E-state index contributed by atoms with van der Waals surface area (Å²) in [5, 5.41) is 3.42. The summed E-state index contributed by atoms with van der Waals surface area (Å²) in [6, 6.07) is 0. The van der Waals surface area contributed by atoms with Gasteiger partial charge in [0.2, 0.25) is 0 Å². The van der Waals surface area contributed by atoms with Gasteiger partial charge in [-0.1, -0.05) is 26.2 Å². The van der Waals surface area contributed by atoms with Crippen molar-refractivity contribution in [3.8, 4) is 0 Å². The Hall–Kier alpha value is -0.0400. The van der Waals surface area contributed by atoms with E-state index in [9.17, 15) is 0 Å². The van der Waals surface area contributed by atoms with Gasteiger partial charge in [-0.15, -0.1) is 0 Å². The second kappa shape index (κ2) is 4.73. The van der Waals surface area contributed by atoms with Crippen molar-refractivity contribution in [2.24, 2.45) is 5.92 Å². The summed E-state index contributed by atoms with van der Waals surface area (Å²) in [5.74, 6) is 0.994. The molecule has 0 aromatic carbocycles. The van der Waals surface area contributed by atoms with Crippen LogP contribution in [0.4, 0.5) is 0 Å². The van der Waals surface area contributed by atoms with Crippen molar-refractivity contribution in [1.82, 2.24) is 5.32 Å². The number of hydrogen-bond acceptors (Lipinski definition) is 1. The minimum absolute atomic E-state index is 0.994. The van der Waals surface area contributed by atoms with Gasteiger partial charge < -0.3 is 5.32 Å². The lowest BCUT2D eigenvalue weighted by Crippen LogP contribution is -2.23. The Kier molecular flexibility index (Phi) is 3.81. The SMILES string of the molecule is CCNCC1CCCCC1. The Labute approximate surface area is 64.2 Å². The summed E-state index contributed by atoms with van der Waals surface area (Å²) in [7, 11) is 0. The third-order valence-electron chi connectivity index (χ3n) is 2.41. The molecule has 0 amide bonds. The molecule has 0 aromatic rings. The van der Waals surface area contributed by atoms with E-state index in [4.69, 9.17) is 0 Å². The molecule has 1 aliphatic carbocycles. The molecule has 1 fully saturated rings. The maximum absolute atomic E-state index is 3.42. The zero-order valence-electron chi connectivity index (χ0n) is 7.03. The standard InChI is InChI=1S/C9H19N/c1-2-10-8-9-6-4-3-5-7-9/h9-10H,2-8H2,1H3. The highest BCUT2D eigenvalue weighted by Gasteiger charge is 2.11. The van der Waals surface area contributed by atoms with E-state index in [1.54, 1.807) is 0 Å². The van der Waals surface area contributed by atoms with Crippen LogP contribution in [0.15, 0.2) is 0 Å². The fourth-order valence-electron chi connectivity index (χ4n) is 1.74. The molecule has 0 unspecified atom stereocenters. The second-order valence-electron chi connectivity index (χ2n) is 3.31. The number of nitrogens with one attached hydrogen (secondary N) is 1. The topological polar surface area (TPSA) is 12.0 Å². The smallest absolute Gasteiger partial charge is 0.00206 e. The van der Waals surface area contributed by atoms with Crippen molar-refractivity contribution >= 4 is 0 Å². The van der Waals surface area contributed by atoms with E-state index in [1.165, 1.54) is 38.6 Å². The third kappa shape index (κ3) is 2.70. The van der Waals surface area contributed by atoms with Gasteiger partial charge in [-0.3, -0.25) is 0 Å². The van der Waals surface area contributed by atoms with Crippen LogP contribution in [-0.4, -0.2) is 13.1 Å². The molecule has 0 bridgehead atoms. The van der Waals surface area contributed by atoms with Crippen LogP contribution in [0.3, 0.4) is 0 Å². The number of rotatable bonds is 3. The molecule has 0 atom stereocenters. The highest BCUT2D eigenvalue weighted by molar-refractivity contribution is 4.67. The maximum Gasteiger partial charge on any atom is -0.00206 e. The van der Waals surface area contributed by atoms with Gasteiger partial charge in [0, 0.05) is 0 Å². The molecule has 60 valence electrons. The number of hydrogen-bond donors (Lipinski definition) is 1. The highest BCUT2D eigenvalue weighted by Crippen LogP contribution is 2.22. The van der Waals surface area contributed by atoms with Gasteiger partial charge in [0.25, 0.3) is 0 Å². The van der Waals surface area contributed by atoms with Crippen molar-refractivity contribution in [2.45, 2.75) is 39.0 Å². The van der Waals surface area contributed by atoms with Crippen molar-refractivity contribution in [3.05, 3.63) is 0 Å². The van der Waals surface area contributed by atoms with Gasteiger partial charge in [0.1, 0.15) is 0 Å². The predicted molar refractivity (Wildman–Crippen MR) is 45.1 cm³/mol. The molecule has 1 rings (SSSR count). The van der Waals surface area contributed by atoms with Gasteiger partial charge in [-0.2, -0.15) is 0 Å². The van der Waals surface area contributed by atoms with Crippen LogP contribution in [-0.2, 0) is 0 Å². The zero-order valence-corrected chi connectivity index (χ0v) is 7.03. The molecule has 0 radical (unpaired) electrons. The molecule has 0 aromatic heterocycles. The van der Waals surface area contributed by atoms with Gasteiger partial charge in [0.05, 0.1) is 0 Å². The normalized spacial score (nSPS) is 21.3. The largest absolute Gasteiger partial charge is 0.317 e. The minimum atomic E-state index is 0.994. The van der Waals surface area contributed by atoms with Crippen LogP contribution in [0.1, 0.15) is 39.0 Å². The lowest BCUT2D eigenvalue weighted by Gasteiger charge is -2.21. The Balaban J connectivity index is 2.02. The van der Waals surface area contributed by atoms with Crippen LogP contribution >= 0.6 is 0 Å². The van der Waals surface area contributed by atoms with Crippen molar-refractivity contribution in [1.29, 1.82) is 0 Å². The van der Waals surface area contributed by atoms with Crippen LogP contribution < -0.4 is 5.32 Å². The molecular weight excluding hydrogens is 122 g/mol. The first-order valence-corrected chi connectivity index (χ1v) is 4.64. The maximum atomic E-state index is 3.42. The summed E-state index contributed by atoms with van der Waals surface area (Å²) >= 11 is 0. The van der Waals surface area contributed by atoms with Crippen LogP contribution in [0.2, 0.25) is 0 Å². The van der Waals surface area contributed by atoms with E-state index in [1.807, 2.05) is 0 Å². The third-order valence-corrected chi connectivity index (χ3v) is 2.41.